The highest BCUT2D eigenvalue weighted by atomic mass is 19.4. The first-order chi connectivity index (χ1) is 18.4. The van der Waals surface area contributed by atoms with Crippen LogP contribution in [0.5, 0.6) is 5.75 Å². The molecule has 39 heavy (non-hydrogen) atoms. The fourth-order valence-electron chi connectivity index (χ4n) is 3.97. The summed E-state index contributed by atoms with van der Waals surface area (Å²) in [7, 11) is 0. The number of rotatable bonds is 9. The third-order valence-corrected chi connectivity index (χ3v) is 5.74. The second-order valence-electron chi connectivity index (χ2n) is 8.53. The number of hydrogen-bond donors (Lipinski definition) is 2. The van der Waals surface area contributed by atoms with E-state index in [4.69, 9.17) is 0 Å². The molecule has 0 radical (unpaired) electrons. The maximum atomic E-state index is 14.8. The lowest BCUT2D eigenvalue weighted by molar-refractivity contribution is -0.138. The van der Waals surface area contributed by atoms with Crippen molar-refractivity contribution in [3.63, 3.8) is 0 Å². The summed E-state index contributed by atoms with van der Waals surface area (Å²) in [6.07, 6.45) is 0.166. The Hall–Kier alpha value is -4.43. The number of alkyl halides is 5. The van der Waals surface area contributed by atoms with Gasteiger partial charge in [-0.15, -0.1) is 0 Å². The Morgan fingerprint density at radius 3 is 2.51 bits per heavy atom. The largest absolute Gasteiger partial charge is 0.432 e. The van der Waals surface area contributed by atoms with E-state index >= 15 is 0 Å². The van der Waals surface area contributed by atoms with Gasteiger partial charge < -0.3 is 14.6 Å². The van der Waals surface area contributed by atoms with Crippen LogP contribution >= 0.6 is 0 Å². The summed E-state index contributed by atoms with van der Waals surface area (Å²) in [5.41, 5.74) is -3.72. The smallest absolute Gasteiger partial charge is 0.423 e. The van der Waals surface area contributed by atoms with Gasteiger partial charge in [0.25, 0.3) is 11.1 Å². The van der Waals surface area contributed by atoms with Crippen molar-refractivity contribution in [3.05, 3.63) is 75.1 Å². The van der Waals surface area contributed by atoms with Crippen LogP contribution in [0.2, 0.25) is 0 Å². The molecule has 0 fully saturated rings. The molecule has 0 saturated carbocycles. The Morgan fingerprint density at radius 2 is 1.85 bits per heavy atom. The third kappa shape index (κ3) is 6.35. The molecule has 0 bridgehead atoms. The highest BCUT2D eigenvalue weighted by Gasteiger charge is 2.37. The lowest BCUT2D eigenvalue weighted by atomic mass is 10.1. The summed E-state index contributed by atoms with van der Waals surface area (Å²) in [6.45, 7) is -1.25. The minimum Gasteiger partial charge on any atom is -0.432 e. The molecule has 1 aromatic carbocycles. The zero-order valence-corrected chi connectivity index (χ0v) is 20.1. The number of benzene rings is 1. The van der Waals surface area contributed by atoms with Gasteiger partial charge in [0.05, 0.1) is 35.2 Å². The summed E-state index contributed by atoms with van der Waals surface area (Å²) in [6, 6.07) is 3.47. The zero-order valence-electron chi connectivity index (χ0n) is 20.1. The number of fused-ring (bicyclic) bond motifs is 1. The van der Waals surface area contributed by atoms with Crippen LogP contribution in [0.15, 0.2) is 52.6 Å². The third-order valence-electron chi connectivity index (χ3n) is 5.74. The molecule has 4 aromatic rings. The van der Waals surface area contributed by atoms with Gasteiger partial charge in [-0.2, -0.15) is 27.1 Å². The number of nitrogens with zero attached hydrogens (tertiary/aromatic N) is 4. The van der Waals surface area contributed by atoms with Crippen molar-refractivity contribution in [1.82, 2.24) is 24.7 Å². The fraction of sp³-hybridized carbons (Fsp3) is 0.292. The van der Waals surface area contributed by atoms with Gasteiger partial charge in [0, 0.05) is 18.8 Å². The van der Waals surface area contributed by atoms with Crippen molar-refractivity contribution in [2.75, 3.05) is 5.32 Å². The molecule has 0 aliphatic rings. The number of ether oxygens (including phenoxy) is 1. The maximum absolute atomic E-state index is 14.8. The normalized spacial score (nSPS) is 12.6. The van der Waals surface area contributed by atoms with Crippen molar-refractivity contribution in [2.45, 2.75) is 45.1 Å². The van der Waals surface area contributed by atoms with Gasteiger partial charge in [-0.1, -0.05) is 0 Å². The van der Waals surface area contributed by atoms with Crippen LogP contribution in [0, 0.1) is 5.82 Å². The van der Waals surface area contributed by atoms with Gasteiger partial charge in [0.1, 0.15) is 11.4 Å². The number of aryl methyl sites for hydroxylation is 1. The first-order valence-corrected chi connectivity index (χ1v) is 11.5. The summed E-state index contributed by atoms with van der Waals surface area (Å²) in [5, 5.41) is 8.27. The molecule has 15 heteroatoms. The number of H-pyrrole nitrogens is 1. The molecule has 3 heterocycles. The Labute approximate surface area is 215 Å². The molecule has 206 valence electrons. The molecule has 3 aromatic heterocycles. The van der Waals surface area contributed by atoms with Crippen LogP contribution in [-0.4, -0.2) is 37.4 Å². The minimum absolute atomic E-state index is 0.0457. The number of halogens is 6. The minimum atomic E-state index is -4.87. The molecule has 2 N–H and O–H groups in total. The van der Waals surface area contributed by atoms with Gasteiger partial charge in [-0.05, 0) is 43.4 Å². The molecule has 0 saturated heterocycles. The number of nitrogens with one attached hydrogen (secondary N) is 2. The molecule has 0 amide bonds. The Bertz CT molecular complexity index is 1590. The van der Waals surface area contributed by atoms with E-state index in [1.54, 1.807) is 18.1 Å². The van der Waals surface area contributed by atoms with E-state index in [-0.39, 0.29) is 29.1 Å². The quantitative estimate of drug-likeness (QED) is 0.291. The lowest BCUT2D eigenvalue weighted by Gasteiger charge is -2.18. The first-order valence-electron chi connectivity index (χ1n) is 11.5. The van der Waals surface area contributed by atoms with Crippen LogP contribution in [0.3, 0.4) is 0 Å². The molecule has 9 nitrogen and oxygen atoms in total. The predicted molar refractivity (Wildman–Crippen MR) is 128 cm³/mol. The van der Waals surface area contributed by atoms with Crippen molar-refractivity contribution in [1.29, 1.82) is 0 Å². The van der Waals surface area contributed by atoms with Crippen LogP contribution in [-0.2, 0) is 12.7 Å². The van der Waals surface area contributed by atoms with Crippen LogP contribution in [0.25, 0.3) is 22.2 Å². The van der Waals surface area contributed by atoms with Crippen molar-refractivity contribution in [2.24, 2.45) is 0 Å². The zero-order chi connectivity index (χ0) is 28.3. The first kappa shape index (κ1) is 27.6. The van der Waals surface area contributed by atoms with Gasteiger partial charge in [-0.3, -0.25) is 9.59 Å². The molecule has 4 rings (SSSR count). The molecular weight excluding hydrogens is 534 g/mol. The van der Waals surface area contributed by atoms with Crippen molar-refractivity contribution >= 4 is 16.5 Å². The van der Waals surface area contributed by atoms with Gasteiger partial charge in [0.15, 0.2) is 11.6 Å². The second-order valence-corrected chi connectivity index (χ2v) is 8.53. The monoisotopic (exact) mass is 554 g/mol. The Balaban J connectivity index is 1.46. The highest BCUT2D eigenvalue weighted by Crippen LogP contribution is 2.32. The van der Waals surface area contributed by atoms with E-state index < -0.39 is 47.0 Å². The summed E-state index contributed by atoms with van der Waals surface area (Å²) < 4.78 is 84.6. The molecular formula is C24H20F6N6O3. The number of anilines is 1. The average molecular weight is 554 g/mol. The maximum Gasteiger partial charge on any atom is 0.423 e. The van der Waals surface area contributed by atoms with E-state index in [1.807, 2.05) is 0 Å². The Kier molecular flexibility index (Phi) is 7.88. The van der Waals surface area contributed by atoms with E-state index in [0.717, 1.165) is 24.7 Å². The molecule has 0 spiro atoms. The molecule has 0 aliphatic heterocycles. The average Bonchev–Trinajstić information content (AvgIpc) is 2.85. The summed E-state index contributed by atoms with van der Waals surface area (Å²) in [4.78, 5) is 32.2. The molecule has 1 unspecified atom stereocenters. The fourth-order valence-corrected chi connectivity index (χ4v) is 3.97. The van der Waals surface area contributed by atoms with Crippen molar-refractivity contribution in [3.8, 4) is 17.1 Å². The van der Waals surface area contributed by atoms with E-state index in [2.05, 4.69) is 25.1 Å². The Morgan fingerprint density at radius 1 is 1.13 bits per heavy atom. The van der Waals surface area contributed by atoms with Gasteiger partial charge in [0.2, 0.25) is 0 Å². The molecule has 0 aliphatic carbocycles. The number of pyridine rings is 1. The number of aromatic nitrogens is 5. The standard InChI is InChI=1S/C24H20F6N6O3/c1-12(34-18-11-33-35-21(37)19(18)24(28,29)30)3-2-5-36-6-4-13-7-16(17(25)8-15(13)22(36)38)20-31-9-14(10-32-20)39-23(26)27/h4,6-12,23H,2-3,5H2,1H3,(H2,34,35,37). The molecule has 1 atom stereocenters. The van der Waals surface area contributed by atoms with Gasteiger partial charge in [-0.25, -0.2) is 19.5 Å². The van der Waals surface area contributed by atoms with E-state index in [1.165, 1.54) is 16.8 Å². The highest BCUT2D eigenvalue weighted by molar-refractivity contribution is 5.86. The van der Waals surface area contributed by atoms with Crippen molar-refractivity contribution < 1.29 is 31.1 Å². The van der Waals surface area contributed by atoms with E-state index in [9.17, 15) is 35.9 Å². The van der Waals surface area contributed by atoms with Gasteiger partial charge >= 0.3 is 12.8 Å². The lowest BCUT2D eigenvalue weighted by Crippen LogP contribution is -2.27. The summed E-state index contributed by atoms with van der Waals surface area (Å²) >= 11 is 0. The number of hydrogen-bond acceptors (Lipinski definition) is 7. The predicted octanol–water partition coefficient (Wildman–Crippen LogP) is 4.58. The second kappa shape index (κ2) is 11.1. The SMILES string of the molecule is CC(CCCn1ccc2cc(-c3ncc(OC(F)F)cn3)c(F)cc2c1=O)Nc1cn[nH]c(=O)c1C(F)(F)F. The summed E-state index contributed by atoms with van der Waals surface area (Å²) in [5.74, 6) is -1.19. The van der Waals surface area contributed by atoms with Crippen LogP contribution in [0.4, 0.5) is 32.0 Å². The topological polar surface area (TPSA) is 115 Å². The number of aromatic amines is 1. The van der Waals surface area contributed by atoms with E-state index in [0.29, 0.717) is 18.2 Å². The van der Waals surface area contributed by atoms with Crippen LogP contribution < -0.4 is 21.2 Å². The van der Waals surface area contributed by atoms with Crippen LogP contribution in [0.1, 0.15) is 25.3 Å².